The lowest BCUT2D eigenvalue weighted by molar-refractivity contribution is 0.0698. The predicted octanol–water partition coefficient (Wildman–Crippen LogP) is 6.00. The maximum Gasteiger partial charge on any atom is 0.336 e. The van der Waals surface area contributed by atoms with Gasteiger partial charge in [-0.3, -0.25) is 0 Å². The molecule has 3 aromatic carbocycles. The van der Waals surface area contributed by atoms with Gasteiger partial charge in [0.1, 0.15) is 12.4 Å². The van der Waals surface area contributed by atoms with Gasteiger partial charge in [-0.2, -0.15) is 0 Å². The third-order valence-corrected chi connectivity index (χ3v) is 5.64. The Labute approximate surface area is 180 Å². The fraction of sp³-hybridized carbons (Fsp3) is 0.111. The molecule has 1 aliphatic carbocycles. The second-order valence-electron chi connectivity index (χ2n) is 7.62. The highest BCUT2D eigenvalue weighted by Crippen LogP contribution is 2.38. The summed E-state index contributed by atoms with van der Waals surface area (Å²) in [5, 5.41) is 10.6. The summed E-state index contributed by atoms with van der Waals surface area (Å²) in [6.45, 7) is 0.490. The van der Waals surface area contributed by atoms with Gasteiger partial charge in [-0.1, -0.05) is 66.7 Å². The molecular formula is C27H21NO3. The van der Waals surface area contributed by atoms with E-state index < -0.39 is 5.97 Å². The Morgan fingerprint density at radius 3 is 2.52 bits per heavy atom. The Kier molecular flexibility index (Phi) is 4.97. The van der Waals surface area contributed by atoms with Gasteiger partial charge in [0, 0.05) is 10.9 Å². The highest BCUT2D eigenvalue weighted by molar-refractivity contribution is 6.06. The molecule has 0 saturated heterocycles. The van der Waals surface area contributed by atoms with Crippen molar-refractivity contribution < 1.29 is 14.6 Å². The van der Waals surface area contributed by atoms with Gasteiger partial charge in [-0.25, -0.2) is 9.78 Å². The van der Waals surface area contributed by atoms with Crippen LogP contribution in [0.4, 0.5) is 0 Å². The van der Waals surface area contributed by atoms with Crippen LogP contribution < -0.4 is 4.74 Å². The molecule has 4 aromatic rings. The van der Waals surface area contributed by atoms with Crippen molar-refractivity contribution in [1.29, 1.82) is 0 Å². The number of ether oxygens (including phenoxy) is 1. The number of nitrogens with zero attached hydrogens (tertiary/aromatic N) is 1. The number of rotatable bonds is 5. The Morgan fingerprint density at radius 2 is 1.68 bits per heavy atom. The van der Waals surface area contributed by atoms with E-state index in [0.29, 0.717) is 29.5 Å². The molecule has 1 aliphatic rings. The maximum absolute atomic E-state index is 12.0. The first-order valence-corrected chi connectivity index (χ1v) is 10.3. The van der Waals surface area contributed by atoms with Gasteiger partial charge in [-0.15, -0.1) is 0 Å². The van der Waals surface area contributed by atoms with Crippen molar-refractivity contribution in [3.05, 3.63) is 107 Å². The fourth-order valence-corrected chi connectivity index (χ4v) is 4.18. The molecule has 0 amide bonds. The van der Waals surface area contributed by atoms with Crippen LogP contribution in [0.1, 0.15) is 39.2 Å². The Morgan fingerprint density at radius 1 is 0.935 bits per heavy atom. The highest BCUT2D eigenvalue weighted by Gasteiger charge is 2.26. The van der Waals surface area contributed by atoms with E-state index in [0.717, 1.165) is 40.1 Å². The van der Waals surface area contributed by atoms with Crippen molar-refractivity contribution in [3.63, 3.8) is 0 Å². The first-order chi connectivity index (χ1) is 15.2. The van der Waals surface area contributed by atoms with Crippen LogP contribution in [0.5, 0.6) is 5.75 Å². The Bertz CT molecular complexity index is 1310. The summed E-state index contributed by atoms with van der Waals surface area (Å²) in [6.07, 6.45) is 3.51. The maximum atomic E-state index is 12.0. The molecule has 31 heavy (non-hydrogen) atoms. The standard InChI is InChI=1S/C27H21NO3/c29-27(30)25-21-11-5-6-12-23(21)28-26-20(14-15-22(25)26)16-19-10-4-7-13-24(19)31-17-18-8-2-1-3-9-18/h1-13,16H,14-15,17H2,(H,29,30)/b20-16+. The van der Waals surface area contributed by atoms with Crippen LogP contribution in [0.15, 0.2) is 78.9 Å². The van der Waals surface area contributed by atoms with E-state index in [4.69, 9.17) is 9.72 Å². The van der Waals surface area contributed by atoms with Crippen molar-refractivity contribution in [3.8, 4) is 5.75 Å². The lowest BCUT2D eigenvalue weighted by Crippen LogP contribution is -2.05. The topological polar surface area (TPSA) is 59.4 Å². The summed E-state index contributed by atoms with van der Waals surface area (Å²) < 4.78 is 6.09. The average molecular weight is 407 g/mol. The van der Waals surface area contributed by atoms with Gasteiger partial charge in [0.2, 0.25) is 0 Å². The van der Waals surface area contributed by atoms with Gasteiger partial charge in [0.15, 0.2) is 0 Å². The minimum Gasteiger partial charge on any atom is -0.488 e. The number of carbonyl (C=O) groups is 1. The number of hydrogen-bond donors (Lipinski definition) is 1. The lowest BCUT2D eigenvalue weighted by Gasteiger charge is -2.11. The molecule has 0 atom stereocenters. The van der Waals surface area contributed by atoms with Crippen LogP contribution in [-0.4, -0.2) is 16.1 Å². The largest absolute Gasteiger partial charge is 0.488 e. The molecule has 5 rings (SSSR count). The molecule has 1 aromatic heterocycles. The lowest BCUT2D eigenvalue weighted by atomic mass is 10.0. The quantitative estimate of drug-likeness (QED) is 0.441. The van der Waals surface area contributed by atoms with Crippen molar-refractivity contribution in [2.75, 3.05) is 0 Å². The number of benzene rings is 3. The van der Waals surface area contributed by atoms with E-state index in [1.807, 2.05) is 78.9 Å². The molecule has 4 heteroatoms. The van der Waals surface area contributed by atoms with E-state index in [-0.39, 0.29) is 0 Å². The van der Waals surface area contributed by atoms with Crippen molar-refractivity contribution >= 4 is 28.5 Å². The Hall–Kier alpha value is -3.92. The second kappa shape index (κ2) is 8.07. The molecule has 0 spiro atoms. The van der Waals surface area contributed by atoms with E-state index in [9.17, 15) is 9.90 Å². The molecule has 0 fully saturated rings. The first-order valence-electron chi connectivity index (χ1n) is 10.3. The van der Waals surface area contributed by atoms with Crippen molar-refractivity contribution in [1.82, 2.24) is 4.98 Å². The van der Waals surface area contributed by atoms with E-state index in [2.05, 4.69) is 6.08 Å². The van der Waals surface area contributed by atoms with Crippen LogP contribution in [0.25, 0.3) is 22.6 Å². The van der Waals surface area contributed by atoms with Crippen LogP contribution in [0.3, 0.4) is 0 Å². The summed E-state index contributed by atoms with van der Waals surface area (Å²) in [6, 6.07) is 25.4. The summed E-state index contributed by atoms with van der Waals surface area (Å²) in [5.74, 6) is -0.103. The van der Waals surface area contributed by atoms with Gasteiger partial charge < -0.3 is 9.84 Å². The SMILES string of the molecule is O=C(O)c1c2c(nc3ccccc13)/C(=C/c1ccccc1OCc1ccccc1)CC2. The van der Waals surface area contributed by atoms with Crippen molar-refractivity contribution in [2.24, 2.45) is 0 Å². The number of pyridine rings is 1. The summed E-state index contributed by atoms with van der Waals surface area (Å²) in [5.41, 5.74) is 5.80. The number of carboxylic acid groups (broad SMARTS) is 1. The number of aromatic nitrogens is 1. The molecular weight excluding hydrogens is 386 g/mol. The number of allylic oxidation sites excluding steroid dienone is 1. The van der Waals surface area contributed by atoms with Gasteiger partial charge >= 0.3 is 5.97 Å². The molecule has 1 N–H and O–H groups in total. The monoisotopic (exact) mass is 407 g/mol. The molecule has 0 radical (unpaired) electrons. The first kappa shape index (κ1) is 19.1. The molecule has 0 unspecified atom stereocenters. The highest BCUT2D eigenvalue weighted by atomic mass is 16.5. The van der Waals surface area contributed by atoms with E-state index in [1.54, 1.807) is 0 Å². The number of fused-ring (bicyclic) bond motifs is 2. The predicted molar refractivity (Wildman–Crippen MR) is 122 cm³/mol. The normalized spacial score (nSPS) is 14.0. The van der Waals surface area contributed by atoms with Crippen LogP contribution in [0, 0.1) is 0 Å². The van der Waals surface area contributed by atoms with E-state index >= 15 is 0 Å². The fourth-order valence-electron chi connectivity index (χ4n) is 4.18. The summed E-state index contributed by atoms with van der Waals surface area (Å²) in [7, 11) is 0. The summed E-state index contributed by atoms with van der Waals surface area (Å²) >= 11 is 0. The zero-order chi connectivity index (χ0) is 21.2. The molecule has 0 saturated carbocycles. The zero-order valence-electron chi connectivity index (χ0n) is 16.9. The Balaban J connectivity index is 1.54. The smallest absolute Gasteiger partial charge is 0.336 e. The van der Waals surface area contributed by atoms with Gasteiger partial charge in [0.05, 0.1) is 16.8 Å². The number of hydrogen-bond acceptors (Lipinski definition) is 3. The summed E-state index contributed by atoms with van der Waals surface area (Å²) in [4.78, 5) is 16.9. The zero-order valence-corrected chi connectivity index (χ0v) is 16.9. The van der Waals surface area contributed by atoms with Gasteiger partial charge in [-0.05, 0) is 47.8 Å². The van der Waals surface area contributed by atoms with E-state index in [1.165, 1.54) is 0 Å². The third kappa shape index (κ3) is 3.68. The van der Waals surface area contributed by atoms with Crippen LogP contribution in [0.2, 0.25) is 0 Å². The molecule has 152 valence electrons. The van der Waals surface area contributed by atoms with Crippen LogP contribution in [-0.2, 0) is 13.0 Å². The number of carboxylic acids is 1. The average Bonchev–Trinajstić information content (AvgIpc) is 3.19. The molecule has 1 heterocycles. The molecule has 0 bridgehead atoms. The second-order valence-corrected chi connectivity index (χ2v) is 7.62. The van der Waals surface area contributed by atoms with Crippen molar-refractivity contribution in [2.45, 2.75) is 19.4 Å². The molecule has 0 aliphatic heterocycles. The molecule has 4 nitrogen and oxygen atoms in total. The minimum atomic E-state index is -0.900. The van der Waals surface area contributed by atoms with Gasteiger partial charge in [0.25, 0.3) is 0 Å². The third-order valence-electron chi connectivity index (χ3n) is 5.64. The van der Waals surface area contributed by atoms with Crippen LogP contribution >= 0.6 is 0 Å². The number of aromatic carboxylic acids is 1. The minimum absolute atomic E-state index is 0.373. The number of para-hydroxylation sites is 2.